The predicted molar refractivity (Wildman–Crippen MR) is 51.0 cm³/mol. The zero-order valence-electron chi connectivity index (χ0n) is 8.53. The number of hydrogen-bond donors (Lipinski definition) is 0. The van der Waals surface area contributed by atoms with E-state index in [4.69, 9.17) is 4.74 Å². The lowest BCUT2D eigenvalue weighted by atomic mass is 9.85. The monoisotopic (exact) mass is 193 g/mol. The fraction of sp³-hybridized carbons (Fsp3) is 0.364. The van der Waals surface area contributed by atoms with Crippen LogP contribution >= 0.6 is 0 Å². The van der Waals surface area contributed by atoms with E-state index in [1.165, 1.54) is 0 Å². The second-order valence-electron chi connectivity index (χ2n) is 3.64. The molecule has 1 rings (SSSR count). The molecule has 0 unspecified atom stereocenters. The van der Waals surface area contributed by atoms with Crippen molar-refractivity contribution in [3.8, 4) is 5.75 Å². The zero-order chi connectivity index (χ0) is 10.8. The summed E-state index contributed by atoms with van der Waals surface area (Å²) in [6, 6.07) is 6.93. The van der Waals surface area contributed by atoms with Gasteiger partial charge in [0.15, 0.2) is 0 Å². The van der Waals surface area contributed by atoms with E-state index in [0.29, 0.717) is 11.3 Å². The summed E-state index contributed by atoms with van der Waals surface area (Å²) < 4.78 is 4.98. The Bertz CT molecular complexity index is 325. The van der Waals surface area contributed by atoms with Crippen molar-refractivity contribution in [3.63, 3.8) is 0 Å². The Kier molecular flexibility index (Phi) is 2.79. The molecular weight excluding hydrogens is 180 g/mol. The van der Waals surface area contributed by atoms with Crippen LogP contribution in [0.1, 0.15) is 19.4 Å². The Labute approximate surface area is 83.3 Å². The van der Waals surface area contributed by atoms with E-state index in [1.807, 2.05) is 0 Å². The van der Waals surface area contributed by atoms with Crippen molar-refractivity contribution in [1.82, 2.24) is 0 Å². The number of carbonyl (C=O) groups excluding carboxylic acids is 1. The van der Waals surface area contributed by atoms with Gasteiger partial charge in [0.05, 0.1) is 13.1 Å². The molecule has 0 aliphatic heterocycles. The van der Waals surface area contributed by atoms with Gasteiger partial charge in [0.1, 0.15) is 5.75 Å². The molecule has 0 N–H and O–H groups in total. The lowest BCUT2D eigenvalue weighted by Crippen LogP contribution is -2.41. The second-order valence-corrected chi connectivity index (χ2v) is 3.64. The Morgan fingerprint density at radius 1 is 1.29 bits per heavy atom. The van der Waals surface area contributed by atoms with Crippen molar-refractivity contribution < 1.29 is 14.6 Å². The van der Waals surface area contributed by atoms with E-state index in [-0.39, 0.29) is 0 Å². The molecule has 14 heavy (non-hydrogen) atoms. The van der Waals surface area contributed by atoms with Crippen LogP contribution in [0.2, 0.25) is 0 Å². The summed E-state index contributed by atoms with van der Waals surface area (Å²) in [6.07, 6.45) is 0. The number of rotatable bonds is 3. The molecular formula is C11H13O3-. The van der Waals surface area contributed by atoms with Crippen LogP contribution in [-0.4, -0.2) is 13.1 Å². The van der Waals surface area contributed by atoms with E-state index in [1.54, 1.807) is 45.2 Å². The third kappa shape index (κ3) is 1.87. The average molecular weight is 193 g/mol. The Balaban J connectivity index is 3.02. The molecule has 0 aliphatic carbocycles. The molecule has 0 saturated heterocycles. The Hall–Kier alpha value is -1.51. The van der Waals surface area contributed by atoms with E-state index in [0.717, 1.165) is 0 Å². The molecule has 0 heterocycles. The van der Waals surface area contributed by atoms with Crippen LogP contribution in [0.25, 0.3) is 0 Å². The molecule has 0 amide bonds. The molecule has 0 fully saturated rings. The number of methoxy groups -OCH3 is 1. The SMILES string of the molecule is COc1ccc(C(C)(C)C(=O)[O-])cc1. The Morgan fingerprint density at radius 3 is 2.14 bits per heavy atom. The molecule has 0 aromatic heterocycles. The molecule has 0 saturated carbocycles. The highest BCUT2D eigenvalue weighted by Gasteiger charge is 2.21. The van der Waals surface area contributed by atoms with E-state index >= 15 is 0 Å². The standard InChI is InChI=1S/C11H14O3/c1-11(2,10(12)13)8-4-6-9(14-3)7-5-8/h4-7H,1-3H3,(H,12,13)/p-1. The predicted octanol–water partition coefficient (Wildman–Crippen LogP) is 0.723. The van der Waals surface area contributed by atoms with Crippen molar-refractivity contribution in [2.24, 2.45) is 0 Å². The van der Waals surface area contributed by atoms with Crippen molar-refractivity contribution in [2.75, 3.05) is 7.11 Å². The second kappa shape index (κ2) is 3.70. The van der Waals surface area contributed by atoms with Crippen LogP contribution in [0, 0.1) is 0 Å². The summed E-state index contributed by atoms with van der Waals surface area (Å²) in [5, 5.41) is 10.8. The quantitative estimate of drug-likeness (QED) is 0.710. The van der Waals surface area contributed by atoms with Gasteiger partial charge >= 0.3 is 0 Å². The summed E-state index contributed by atoms with van der Waals surface area (Å²) in [7, 11) is 1.57. The fourth-order valence-corrected chi connectivity index (χ4v) is 1.13. The van der Waals surface area contributed by atoms with Crippen molar-refractivity contribution in [3.05, 3.63) is 29.8 Å². The third-order valence-electron chi connectivity index (χ3n) is 2.32. The molecule has 76 valence electrons. The van der Waals surface area contributed by atoms with Gasteiger partial charge in [-0.3, -0.25) is 0 Å². The first-order chi connectivity index (χ1) is 6.48. The van der Waals surface area contributed by atoms with Crippen LogP contribution < -0.4 is 9.84 Å². The van der Waals surface area contributed by atoms with Gasteiger partial charge in [0.2, 0.25) is 0 Å². The highest BCUT2D eigenvalue weighted by Crippen LogP contribution is 2.24. The molecule has 0 radical (unpaired) electrons. The highest BCUT2D eigenvalue weighted by molar-refractivity contribution is 5.78. The maximum Gasteiger partial charge on any atom is 0.118 e. The molecule has 0 bridgehead atoms. The van der Waals surface area contributed by atoms with Gasteiger partial charge in [0.25, 0.3) is 0 Å². The van der Waals surface area contributed by atoms with Crippen LogP contribution in [0.5, 0.6) is 5.75 Å². The summed E-state index contributed by atoms with van der Waals surface area (Å²) in [6.45, 7) is 3.23. The van der Waals surface area contributed by atoms with E-state index in [2.05, 4.69) is 0 Å². The van der Waals surface area contributed by atoms with Crippen molar-refractivity contribution in [2.45, 2.75) is 19.3 Å². The first-order valence-electron chi connectivity index (χ1n) is 4.34. The summed E-state index contributed by atoms with van der Waals surface area (Å²) >= 11 is 0. The summed E-state index contributed by atoms with van der Waals surface area (Å²) in [4.78, 5) is 10.8. The minimum absolute atomic E-state index is 0.707. The lowest BCUT2D eigenvalue weighted by molar-refractivity contribution is -0.312. The number of ether oxygens (including phenoxy) is 1. The van der Waals surface area contributed by atoms with Crippen LogP contribution in [0.15, 0.2) is 24.3 Å². The summed E-state index contributed by atoms with van der Waals surface area (Å²) in [5.41, 5.74) is -0.259. The molecule has 3 nitrogen and oxygen atoms in total. The minimum atomic E-state index is -1.08. The maximum absolute atomic E-state index is 10.8. The fourth-order valence-electron chi connectivity index (χ4n) is 1.13. The van der Waals surface area contributed by atoms with Gasteiger partial charge in [-0.05, 0) is 17.7 Å². The lowest BCUT2D eigenvalue weighted by Gasteiger charge is -2.26. The topological polar surface area (TPSA) is 49.4 Å². The van der Waals surface area contributed by atoms with Crippen LogP contribution in [0.4, 0.5) is 0 Å². The maximum atomic E-state index is 10.8. The average Bonchev–Trinajstić information content (AvgIpc) is 2.17. The number of carbonyl (C=O) groups is 1. The number of carboxylic acid groups (broad SMARTS) is 1. The molecule has 1 aromatic carbocycles. The molecule has 0 aliphatic rings. The minimum Gasteiger partial charge on any atom is -0.549 e. The van der Waals surface area contributed by atoms with E-state index < -0.39 is 11.4 Å². The zero-order valence-corrected chi connectivity index (χ0v) is 8.53. The summed E-state index contributed by atoms with van der Waals surface area (Å²) in [5.74, 6) is -0.370. The third-order valence-corrected chi connectivity index (χ3v) is 2.32. The number of aliphatic carboxylic acids is 1. The van der Waals surface area contributed by atoms with Gasteiger partial charge in [-0.15, -0.1) is 0 Å². The van der Waals surface area contributed by atoms with Crippen molar-refractivity contribution in [1.29, 1.82) is 0 Å². The van der Waals surface area contributed by atoms with Gasteiger partial charge < -0.3 is 14.6 Å². The number of carboxylic acids is 1. The number of benzene rings is 1. The van der Waals surface area contributed by atoms with Gasteiger partial charge in [-0.2, -0.15) is 0 Å². The number of hydrogen-bond acceptors (Lipinski definition) is 3. The first-order valence-corrected chi connectivity index (χ1v) is 4.34. The smallest absolute Gasteiger partial charge is 0.118 e. The largest absolute Gasteiger partial charge is 0.549 e. The Morgan fingerprint density at radius 2 is 1.79 bits per heavy atom. The van der Waals surface area contributed by atoms with Gasteiger partial charge in [0, 0.05) is 5.41 Å². The highest BCUT2D eigenvalue weighted by atomic mass is 16.5. The van der Waals surface area contributed by atoms with Crippen molar-refractivity contribution >= 4 is 5.97 Å². The van der Waals surface area contributed by atoms with E-state index in [9.17, 15) is 9.90 Å². The normalized spacial score (nSPS) is 11.1. The first kappa shape index (κ1) is 10.6. The van der Waals surface area contributed by atoms with Gasteiger partial charge in [-0.1, -0.05) is 26.0 Å². The van der Waals surface area contributed by atoms with Gasteiger partial charge in [-0.25, -0.2) is 0 Å². The molecule has 3 heteroatoms. The molecule has 1 aromatic rings. The molecule has 0 atom stereocenters. The van der Waals surface area contributed by atoms with Crippen LogP contribution in [-0.2, 0) is 10.2 Å². The molecule has 0 spiro atoms. The van der Waals surface area contributed by atoms with Crippen LogP contribution in [0.3, 0.4) is 0 Å².